The lowest BCUT2D eigenvalue weighted by atomic mass is 10.2. The highest BCUT2D eigenvalue weighted by Crippen LogP contribution is 2.12. The Morgan fingerprint density at radius 2 is 2.27 bits per heavy atom. The van der Waals surface area contributed by atoms with Crippen molar-refractivity contribution in [3.05, 3.63) is 18.2 Å². The molecule has 1 aromatic heterocycles. The van der Waals surface area contributed by atoms with Gasteiger partial charge in [-0.3, -0.25) is 9.69 Å². The maximum absolute atomic E-state index is 12.1. The summed E-state index contributed by atoms with van der Waals surface area (Å²) in [6.45, 7) is 8.31. The lowest BCUT2D eigenvalue weighted by Crippen LogP contribution is -2.38. The summed E-state index contributed by atoms with van der Waals surface area (Å²) in [7, 11) is 4.20. The summed E-state index contributed by atoms with van der Waals surface area (Å²) in [6, 6.07) is 0.570. The standard InChI is InChI=1S/C16H29N5O/c1-13(2)9-21-12-17-7-15(21)8-18-16(22)11-20-6-5-14(10-20)19(3)4/h7,12-14H,5-6,8-11H2,1-4H3,(H,18,22). The van der Waals surface area contributed by atoms with Crippen molar-refractivity contribution in [2.24, 2.45) is 5.92 Å². The summed E-state index contributed by atoms with van der Waals surface area (Å²) in [4.78, 5) is 20.8. The Morgan fingerprint density at radius 1 is 1.50 bits per heavy atom. The average molecular weight is 307 g/mol. The van der Waals surface area contributed by atoms with E-state index in [0.29, 0.717) is 25.0 Å². The summed E-state index contributed by atoms with van der Waals surface area (Å²) >= 11 is 0. The van der Waals surface area contributed by atoms with Crippen LogP contribution in [0, 0.1) is 5.92 Å². The third-order valence-corrected chi connectivity index (χ3v) is 4.17. The molecule has 1 N–H and O–H groups in total. The molecule has 124 valence electrons. The molecule has 0 aliphatic carbocycles. The van der Waals surface area contributed by atoms with Gasteiger partial charge in [0, 0.05) is 31.9 Å². The number of rotatable bonds is 7. The minimum Gasteiger partial charge on any atom is -0.349 e. The van der Waals surface area contributed by atoms with Crippen molar-refractivity contribution in [2.45, 2.75) is 39.4 Å². The van der Waals surface area contributed by atoms with E-state index in [4.69, 9.17) is 0 Å². The smallest absolute Gasteiger partial charge is 0.234 e. The molecule has 1 aliphatic rings. The fourth-order valence-corrected chi connectivity index (χ4v) is 2.88. The Labute approximate surface area is 133 Å². The molecule has 1 unspecified atom stereocenters. The van der Waals surface area contributed by atoms with Gasteiger partial charge >= 0.3 is 0 Å². The van der Waals surface area contributed by atoms with Gasteiger partial charge in [-0.2, -0.15) is 0 Å². The van der Waals surface area contributed by atoms with Gasteiger partial charge in [-0.05, 0) is 26.4 Å². The topological polar surface area (TPSA) is 53.4 Å². The van der Waals surface area contributed by atoms with Crippen LogP contribution in [0.15, 0.2) is 12.5 Å². The molecule has 1 amide bonds. The monoisotopic (exact) mass is 307 g/mol. The molecule has 0 spiro atoms. The van der Waals surface area contributed by atoms with Crippen LogP contribution in [0.2, 0.25) is 0 Å². The zero-order chi connectivity index (χ0) is 16.1. The first-order valence-electron chi connectivity index (χ1n) is 8.10. The van der Waals surface area contributed by atoms with Crippen LogP contribution in [0.5, 0.6) is 0 Å². The van der Waals surface area contributed by atoms with E-state index in [2.05, 4.69) is 52.6 Å². The van der Waals surface area contributed by atoms with Crippen LogP contribution in [-0.4, -0.2) is 65.0 Å². The molecule has 1 saturated heterocycles. The molecule has 0 bridgehead atoms. The maximum atomic E-state index is 12.1. The number of likely N-dealkylation sites (tertiary alicyclic amines) is 1. The Balaban J connectivity index is 1.75. The fraction of sp³-hybridized carbons (Fsp3) is 0.750. The first-order valence-corrected chi connectivity index (χ1v) is 8.10. The fourth-order valence-electron chi connectivity index (χ4n) is 2.88. The molecule has 0 saturated carbocycles. The van der Waals surface area contributed by atoms with E-state index in [0.717, 1.165) is 31.7 Å². The van der Waals surface area contributed by atoms with Crippen molar-refractivity contribution in [3.63, 3.8) is 0 Å². The number of nitrogens with one attached hydrogen (secondary N) is 1. The molecular formula is C16H29N5O. The Morgan fingerprint density at radius 3 is 2.91 bits per heavy atom. The third-order valence-electron chi connectivity index (χ3n) is 4.17. The Kier molecular flexibility index (Phi) is 5.97. The predicted molar refractivity (Wildman–Crippen MR) is 87.4 cm³/mol. The van der Waals surface area contributed by atoms with E-state index < -0.39 is 0 Å². The SMILES string of the molecule is CC(C)Cn1cncc1CNC(=O)CN1CCC(N(C)C)C1. The number of amides is 1. The molecular weight excluding hydrogens is 278 g/mol. The van der Waals surface area contributed by atoms with E-state index in [-0.39, 0.29) is 5.91 Å². The van der Waals surface area contributed by atoms with Crippen molar-refractivity contribution in [2.75, 3.05) is 33.7 Å². The van der Waals surface area contributed by atoms with Gasteiger partial charge in [0.1, 0.15) is 0 Å². The lowest BCUT2D eigenvalue weighted by Gasteiger charge is -2.20. The molecule has 22 heavy (non-hydrogen) atoms. The number of aromatic nitrogens is 2. The number of carbonyl (C=O) groups excluding carboxylic acids is 1. The predicted octanol–water partition coefficient (Wildman–Crippen LogP) is 0.791. The number of nitrogens with zero attached hydrogens (tertiary/aromatic N) is 4. The summed E-state index contributed by atoms with van der Waals surface area (Å²) in [5.41, 5.74) is 1.06. The van der Waals surface area contributed by atoms with E-state index in [1.165, 1.54) is 0 Å². The summed E-state index contributed by atoms with van der Waals surface area (Å²) in [6.07, 6.45) is 4.81. The van der Waals surface area contributed by atoms with E-state index in [1.54, 1.807) is 0 Å². The molecule has 1 aromatic rings. The van der Waals surface area contributed by atoms with Crippen LogP contribution in [0.1, 0.15) is 26.0 Å². The quantitative estimate of drug-likeness (QED) is 0.809. The van der Waals surface area contributed by atoms with Gasteiger partial charge in [-0.15, -0.1) is 0 Å². The number of carbonyl (C=O) groups is 1. The highest BCUT2D eigenvalue weighted by atomic mass is 16.2. The molecule has 0 radical (unpaired) electrons. The zero-order valence-electron chi connectivity index (χ0n) is 14.2. The molecule has 2 rings (SSSR count). The van der Waals surface area contributed by atoms with Gasteiger partial charge in [-0.25, -0.2) is 4.98 Å². The van der Waals surface area contributed by atoms with E-state index in [9.17, 15) is 4.79 Å². The van der Waals surface area contributed by atoms with Crippen LogP contribution in [0.4, 0.5) is 0 Å². The van der Waals surface area contributed by atoms with Gasteiger partial charge in [0.2, 0.25) is 5.91 Å². The first-order chi connectivity index (χ1) is 10.5. The minimum atomic E-state index is 0.0942. The Bertz CT molecular complexity index is 483. The second-order valence-corrected chi connectivity index (χ2v) is 6.85. The summed E-state index contributed by atoms with van der Waals surface area (Å²) in [5, 5.41) is 3.01. The van der Waals surface area contributed by atoms with Gasteiger partial charge in [0.15, 0.2) is 0 Å². The average Bonchev–Trinajstić information content (AvgIpc) is 3.05. The maximum Gasteiger partial charge on any atom is 0.234 e. The summed E-state index contributed by atoms with van der Waals surface area (Å²) < 4.78 is 2.11. The summed E-state index contributed by atoms with van der Waals surface area (Å²) in [5.74, 6) is 0.660. The van der Waals surface area contributed by atoms with E-state index >= 15 is 0 Å². The Hall–Kier alpha value is -1.40. The molecule has 6 nitrogen and oxygen atoms in total. The molecule has 2 heterocycles. The largest absolute Gasteiger partial charge is 0.349 e. The second kappa shape index (κ2) is 7.74. The highest BCUT2D eigenvalue weighted by molar-refractivity contribution is 5.78. The zero-order valence-corrected chi connectivity index (χ0v) is 14.2. The second-order valence-electron chi connectivity index (χ2n) is 6.85. The van der Waals surface area contributed by atoms with Gasteiger partial charge in [-0.1, -0.05) is 13.8 Å². The molecule has 0 aromatic carbocycles. The number of hydrogen-bond donors (Lipinski definition) is 1. The van der Waals surface area contributed by atoms with Crippen LogP contribution in [-0.2, 0) is 17.9 Å². The van der Waals surface area contributed by atoms with Crippen molar-refractivity contribution in [3.8, 4) is 0 Å². The first kappa shape index (κ1) is 17.0. The third kappa shape index (κ3) is 4.81. The van der Waals surface area contributed by atoms with Gasteiger partial charge < -0.3 is 14.8 Å². The van der Waals surface area contributed by atoms with Crippen LogP contribution in [0.25, 0.3) is 0 Å². The lowest BCUT2D eigenvalue weighted by molar-refractivity contribution is -0.122. The molecule has 6 heteroatoms. The van der Waals surface area contributed by atoms with Crippen LogP contribution < -0.4 is 5.32 Å². The van der Waals surface area contributed by atoms with Gasteiger partial charge in [0.25, 0.3) is 0 Å². The van der Waals surface area contributed by atoms with Crippen LogP contribution in [0.3, 0.4) is 0 Å². The highest BCUT2D eigenvalue weighted by Gasteiger charge is 2.25. The molecule has 1 fully saturated rings. The van der Waals surface area contributed by atoms with Gasteiger partial charge in [0.05, 0.1) is 25.1 Å². The molecule has 1 atom stereocenters. The van der Waals surface area contributed by atoms with Crippen molar-refractivity contribution < 1.29 is 4.79 Å². The number of imidazole rings is 1. The normalized spacial score (nSPS) is 19.3. The van der Waals surface area contributed by atoms with Crippen molar-refractivity contribution in [1.29, 1.82) is 0 Å². The van der Waals surface area contributed by atoms with Crippen molar-refractivity contribution >= 4 is 5.91 Å². The minimum absolute atomic E-state index is 0.0942. The number of hydrogen-bond acceptors (Lipinski definition) is 4. The van der Waals surface area contributed by atoms with Crippen molar-refractivity contribution in [1.82, 2.24) is 24.7 Å². The number of likely N-dealkylation sites (N-methyl/N-ethyl adjacent to an activating group) is 1. The molecule has 1 aliphatic heterocycles. The van der Waals surface area contributed by atoms with E-state index in [1.807, 2.05) is 12.5 Å². The van der Waals surface area contributed by atoms with Crippen LogP contribution >= 0.6 is 0 Å².